The molecule has 0 radical (unpaired) electrons. The molecule has 1 unspecified atom stereocenters. The molecule has 1 aromatic rings. The van der Waals surface area contributed by atoms with Crippen molar-refractivity contribution in [2.24, 2.45) is 5.92 Å². The first-order chi connectivity index (χ1) is 7.76. The summed E-state index contributed by atoms with van der Waals surface area (Å²) in [6.07, 6.45) is 1.57. The Labute approximate surface area is 96.6 Å². The summed E-state index contributed by atoms with van der Waals surface area (Å²) in [4.78, 5) is 0. The molecule has 0 spiro atoms. The Morgan fingerprint density at radius 2 is 2.12 bits per heavy atom. The van der Waals surface area contributed by atoms with E-state index >= 15 is 0 Å². The predicted octanol–water partition coefficient (Wildman–Crippen LogP) is 1.05. The summed E-state index contributed by atoms with van der Waals surface area (Å²) in [5.41, 5.74) is 0. The van der Waals surface area contributed by atoms with Gasteiger partial charge >= 0.3 is 0 Å². The van der Waals surface area contributed by atoms with Gasteiger partial charge in [-0.25, -0.2) is 0 Å². The van der Waals surface area contributed by atoms with Crippen LogP contribution in [0.4, 0.5) is 0 Å². The van der Waals surface area contributed by atoms with Crippen LogP contribution < -0.4 is 5.32 Å². The minimum absolute atomic E-state index is 0.409. The van der Waals surface area contributed by atoms with Crippen LogP contribution in [0.5, 0.6) is 0 Å². The topological polar surface area (TPSA) is 60.2 Å². The SMILES string of the molecule is CCNCCc1nnc(CC(C)COC)o1. The van der Waals surface area contributed by atoms with Gasteiger partial charge in [0.2, 0.25) is 11.8 Å². The lowest BCUT2D eigenvalue weighted by molar-refractivity contribution is 0.156. The van der Waals surface area contributed by atoms with E-state index in [1.54, 1.807) is 7.11 Å². The fraction of sp³-hybridized carbons (Fsp3) is 0.818. The van der Waals surface area contributed by atoms with Gasteiger partial charge in [-0.05, 0) is 12.5 Å². The highest BCUT2D eigenvalue weighted by atomic mass is 16.5. The van der Waals surface area contributed by atoms with Gasteiger partial charge in [0, 0.05) is 33.1 Å². The van der Waals surface area contributed by atoms with Crippen LogP contribution in [0.1, 0.15) is 25.6 Å². The molecule has 0 saturated heterocycles. The first-order valence-corrected chi connectivity index (χ1v) is 5.77. The van der Waals surface area contributed by atoms with Crippen LogP contribution in [0.25, 0.3) is 0 Å². The molecule has 5 nitrogen and oxygen atoms in total. The summed E-state index contributed by atoms with van der Waals surface area (Å²) in [6.45, 7) is 6.74. The zero-order valence-electron chi connectivity index (χ0n) is 10.3. The second-order valence-corrected chi connectivity index (χ2v) is 3.96. The van der Waals surface area contributed by atoms with Crippen molar-refractivity contribution in [3.8, 4) is 0 Å². The molecule has 0 aliphatic rings. The van der Waals surface area contributed by atoms with Crippen molar-refractivity contribution in [3.63, 3.8) is 0 Å². The van der Waals surface area contributed by atoms with Crippen LogP contribution in [0.15, 0.2) is 4.42 Å². The van der Waals surface area contributed by atoms with E-state index in [0.717, 1.165) is 32.5 Å². The Morgan fingerprint density at radius 3 is 2.81 bits per heavy atom. The van der Waals surface area contributed by atoms with Crippen molar-refractivity contribution in [2.45, 2.75) is 26.7 Å². The largest absolute Gasteiger partial charge is 0.425 e. The first kappa shape index (κ1) is 13.1. The summed E-state index contributed by atoms with van der Waals surface area (Å²) in [6, 6.07) is 0. The molecule has 0 aliphatic heterocycles. The number of hydrogen-bond donors (Lipinski definition) is 1. The number of ether oxygens (including phenoxy) is 1. The maximum atomic E-state index is 5.53. The quantitative estimate of drug-likeness (QED) is 0.673. The van der Waals surface area contributed by atoms with Gasteiger partial charge in [-0.2, -0.15) is 0 Å². The number of aromatic nitrogens is 2. The molecule has 0 fully saturated rings. The molecule has 1 atom stereocenters. The molecule has 0 aromatic carbocycles. The molecule has 0 saturated carbocycles. The third-order valence-corrected chi connectivity index (χ3v) is 2.25. The monoisotopic (exact) mass is 227 g/mol. The molecule has 1 rings (SSSR count). The molecule has 1 aromatic heterocycles. The van der Waals surface area contributed by atoms with Gasteiger partial charge in [-0.1, -0.05) is 13.8 Å². The molecular weight excluding hydrogens is 206 g/mol. The third-order valence-electron chi connectivity index (χ3n) is 2.25. The summed E-state index contributed by atoms with van der Waals surface area (Å²) < 4.78 is 10.6. The van der Waals surface area contributed by atoms with Crippen molar-refractivity contribution in [1.82, 2.24) is 15.5 Å². The van der Waals surface area contributed by atoms with Gasteiger partial charge < -0.3 is 14.5 Å². The molecular formula is C11H21N3O2. The standard InChI is InChI=1S/C11H21N3O2/c1-4-12-6-5-10-13-14-11(16-10)7-9(2)8-15-3/h9,12H,4-8H2,1-3H3. The van der Waals surface area contributed by atoms with Crippen LogP contribution in [0.3, 0.4) is 0 Å². The highest BCUT2D eigenvalue weighted by Gasteiger charge is 2.10. The Bertz CT molecular complexity index is 289. The number of methoxy groups -OCH3 is 1. The second-order valence-electron chi connectivity index (χ2n) is 3.96. The second kappa shape index (κ2) is 7.35. The third kappa shape index (κ3) is 4.72. The van der Waals surface area contributed by atoms with Crippen LogP contribution in [0, 0.1) is 5.92 Å². The molecule has 0 amide bonds. The molecule has 0 aliphatic carbocycles. The van der Waals surface area contributed by atoms with Gasteiger partial charge in [0.25, 0.3) is 0 Å². The van der Waals surface area contributed by atoms with E-state index in [-0.39, 0.29) is 0 Å². The highest BCUT2D eigenvalue weighted by Crippen LogP contribution is 2.08. The number of likely N-dealkylation sites (N-methyl/N-ethyl adjacent to an activating group) is 1. The Morgan fingerprint density at radius 1 is 1.38 bits per heavy atom. The molecule has 0 bridgehead atoms. The molecule has 1 heterocycles. The lowest BCUT2D eigenvalue weighted by atomic mass is 10.1. The maximum absolute atomic E-state index is 5.53. The van der Waals surface area contributed by atoms with Crippen molar-refractivity contribution in [3.05, 3.63) is 11.8 Å². The van der Waals surface area contributed by atoms with E-state index in [2.05, 4.69) is 29.4 Å². The average Bonchev–Trinajstić information content (AvgIpc) is 2.66. The Hall–Kier alpha value is -0.940. The van der Waals surface area contributed by atoms with Crippen molar-refractivity contribution >= 4 is 0 Å². The average molecular weight is 227 g/mol. The lowest BCUT2D eigenvalue weighted by Crippen LogP contribution is -2.16. The predicted molar refractivity (Wildman–Crippen MR) is 61.3 cm³/mol. The maximum Gasteiger partial charge on any atom is 0.217 e. The minimum Gasteiger partial charge on any atom is -0.425 e. The van der Waals surface area contributed by atoms with Gasteiger partial charge in [0.15, 0.2) is 0 Å². The number of nitrogens with one attached hydrogen (secondary N) is 1. The smallest absolute Gasteiger partial charge is 0.217 e. The fourth-order valence-corrected chi connectivity index (χ4v) is 1.49. The van der Waals surface area contributed by atoms with Crippen LogP contribution in [-0.4, -0.2) is 37.0 Å². The Kier molecular flexibility index (Phi) is 6.03. The summed E-state index contributed by atoms with van der Waals surface area (Å²) >= 11 is 0. The van der Waals surface area contributed by atoms with Crippen LogP contribution in [-0.2, 0) is 17.6 Å². The molecule has 92 valence electrons. The van der Waals surface area contributed by atoms with E-state index in [1.165, 1.54) is 0 Å². The van der Waals surface area contributed by atoms with Gasteiger partial charge in [-0.3, -0.25) is 0 Å². The molecule has 1 N–H and O–H groups in total. The van der Waals surface area contributed by atoms with Gasteiger partial charge in [0.1, 0.15) is 0 Å². The number of rotatable bonds is 8. The fourth-order valence-electron chi connectivity index (χ4n) is 1.49. The van der Waals surface area contributed by atoms with E-state index in [4.69, 9.17) is 9.15 Å². The van der Waals surface area contributed by atoms with E-state index in [0.29, 0.717) is 17.7 Å². The van der Waals surface area contributed by atoms with E-state index in [9.17, 15) is 0 Å². The van der Waals surface area contributed by atoms with Crippen molar-refractivity contribution in [2.75, 3.05) is 26.8 Å². The molecule has 16 heavy (non-hydrogen) atoms. The van der Waals surface area contributed by atoms with Crippen molar-refractivity contribution < 1.29 is 9.15 Å². The normalized spacial score (nSPS) is 12.9. The summed E-state index contributed by atoms with van der Waals surface area (Å²) in [7, 11) is 1.70. The van der Waals surface area contributed by atoms with Crippen LogP contribution >= 0.6 is 0 Å². The number of hydrogen-bond acceptors (Lipinski definition) is 5. The van der Waals surface area contributed by atoms with Gasteiger partial charge in [0.05, 0.1) is 0 Å². The van der Waals surface area contributed by atoms with E-state index < -0.39 is 0 Å². The molecule has 5 heteroatoms. The Balaban J connectivity index is 2.33. The summed E-state index contributed by atoms with van der Waals surface area (Å²) in [5.74, 6) is 1.82. The highest BCUT2D eigenvalue weighted by molar-refractivity contribution is 4.84. The van der Waals surface area contributed by atoms with E-state index in [1.807, 2.05) is 0 Å². The van der Waals surface area contributed by atoms with Crippen LogP contribution in [0.2, 0.25) is 0 Å². The zero-order chi connectivity index (χ0) is 11.8. The number of nitrogens with zero attached hydrogens (tertiary/aromatic N) is 2. The van der Waals surface area contributed by atoms with Gasteiger partial charge in [-0.15, -0.1) is 10.2 Å². The minimum atomic E-state index is 0.409. The lowest BCUT2D eigenvalue weighted by Gasteiger charge is -2.05. The first-order valence-electron chi connectivity index (χ1n) is 5.77. The zero-order valence-corrected chi connectivity index (χ0v) is 10.3. The van der Waals surface area contributed by atoms with Crippen molar-refractivity contribution in [1.29, 1.82) is 0 Å². The summed E-state index contributed by atoms with van der Waals surface area (Å²) in [5, 5.41) is 11.2.